The number of pyridine rings is 1. The number of hydrogen-bond acceptors (Lipinski definition) is 4. The number of rotatable bonds is 6. The topological polar surface area (TPSA) is 54.5 Å². The zero-order valence-corrected chi connectivity index (χ0v) is 14.6. The minimum Gasteiger partial charge on any atom is -0.477 e. The predicted molar refractivity (Wildman–Crippen MR) is 98.7 cm³/mol. The van der Waals surface area contributed by atoms with Crippen molar-refractivity contribution in [2.24, 2.45) is 5.92 Å². The molecule has 132 valence electrons. The monoisotopic (exact) mass is 339 g/mol. The number of piperidine rings is 1. The van der Waals surface area contributed by atoms with Gasteiger partial charge >= 0.3 is 0 Å². The Morgan fingerprint density at radius 3 is 2.64 bits per heavy atom. The Bertz CT molecular complexity index is 665. The molecular weight excluding hydrogens is 314 g/mol. The van der Waals surface area contributed by atoms with Crippen molar-refractivity contribution in [3.63, 3.8) is 0 Å². The molecule has 1 saturated heterocycles. The van der Waals surface area contributed by atoms with Crippen molar-refractivity contribution in [3.05, 3.63) is 54.2 Å². The van der Waals surface area contributed by atoms with Gasteiger partial charge in [-0.3, -0.25) is 9.69 Å². The van der Waals surface area contributed by atoms with Crippen molar-refractivity contribution < 1.29 is 9.53 Å². The average Bonchev–Trinajstić information content (AvgIpc) is 2.64. The quantitative estimate of drug-likeness (QED) is 0.878. The molecule has 1 aromatic heterocycles. The molecule has 0 aliphatic carbocycles. The second kappa shape index (κ2) is 8.62. The summed E-state index contributed by atoms with van der Waals surface area (Å²) in [5, 5.41) is 2.96. The Kier molecular flexibility index (Phi) is 6.01. The van der Waals surface area contributed by atoms with E-state index in [4.69, 9.17) is 4.74 Å². The fourth-order valence-corrected chi connectivity index (χ4v) is 2.99. The van der Waals surface area contributed by atoms with Crippen LogP contribution in [0.2, 0.25) is 0 Å². The third kappa shape index (κ3) is 5.57. The maximum absolute atomic E-state index is 12.2. The van der Waals surface area contributed by atoms with Crippen LogP contribution in [0.15, 0.2) is 48.7 Å². The molecule has 1 aliphatic rings. The zero-order valence-electron chi connectivity index (χ0n) is 14.6. The van der Waals surface area contributed by atoms with E-state index in [-0.39, 0.29) is 5.91 Å². The van der Waals surface area contributed by atoms with Crippen molar-refractivity contribution in [3.8, 4) is 5.88 Å². The highest BCUT2D eigenvalue weighted by atomic mass is 16.5. The summed E-state index contributed by atoms with van der Waals surface area (Å²) in [7, 11) is 0. The van der Waals surface area contributed by atoms with Crippen LogP contribution in [0.5, 0.6) is 5.88 Å². The number of anilines is 1. The van der Waals surface area contributed by atoms with E-state index >= 15 is 0 Å². The van der Waals surface area contributed by atoms with E-state index < -0.39 is 0 Å². The average molecular weight is 339 g/mol. The molecule has 1 fully saturated rings. The number of benzene rings is 1. The fraction of sp³-hybridized carbons (Fsp3) is 0.400. The molecule has 0 spiro atoms. The van der Waals surface area contributed by atoms with Gasteiger partial charge in [0, 0.05) is 18.0 Å². The molecule has 1 amide bonds. The SMILES string of the molecule is Cc1ccc(NC(=O)CN2CCC(COc3ccccn3)CC2)cc1. The van der Waals surface area contributed by atoms with E-state index in [9.17, 15) is 4.79 Å². The predicted octanol–water partition coefficient (Wildman–Crippen LogP) is 3.12. The summed E-state index contributed by atoms with van der Waals surface area (Å²) in [6.45, 7) is 5.03. The van der Waals surface area contributed by atoms with Gasteiger partial charge in [0.05, 0.1) is 13.2 Å². The van der Waals surface area contributed by atoms with E-state index in [1.165, 1.54) is 5.56 Å². The molecule has 2 heterocycles. The molecule has 0 saturated carbocycles. The van der Waals surface area contributed by atoms with E-state index in [0.717, 1.165) is 31.6 Å². The lowest BCUT2D eigenvalue weighted by atomic mass is 9.98. The molecule has 0 atom stereocenters. The lowest BCUT2D eigenvalue weighted by Gasteiger charge is -2.31. The fourth-order valence-electron chi connectivity index (χ4n) is 2.99. The van der Waals surface area contributed by atoms with Crippen LogP contribution in [0.1, 0.15) is 18.4 Å². The second-order valence-electron chi connectivity index (χ2n) is 6.61. The van der Waals surface area contributed by atoms with Crippen molar-refractivity contribution in [2.45, 2.75) is 19.8 Å². The summed E-state index contributed by atoms with van der Waals surface area (Å²) in [5.41, 5.74) is 2.04. The highest BCUT2D eigenvalue weighted by Gasteiger charge is 2.21. The normalized spacial score (nSPS) is 15.7. The van der Waals surface area contributed by atoms with Crippen LogP contribution in [-0.4, -0.2) is 42.0 Å². The first-order chi connectivity index (χ1) is 12.2. The number of ether oxygens (including phenoxy) is 1. The van der Waals surface area contributed by atoms with Gasteiger partial charge in [-0.15, -0.1) is 0 Å². The maximum Gasteiger partial charge on any atom is 0.238 e. The number of nitrogens with one attached hydrogen (secondary N) is 1. The molecule has 25 heavy (non-hydrogen) atoms. The molecule has 0 unspecified atom stereocenters. The van der Waals surface area contributed by atoms with Gasteiger partial charge in [0.1, 0.15) is 0 Å². The molecule has 5 nitrogen and oxygen atoms in total. The Balaban J connectivity index is 1.37. The minimum absolute atomic E-state index is 0.0482. The highest BCUT2D eigenvalue weighted by Crippen LogP contribution is 2.18. The first kappa shape index (κ1) is 17.4. The van der Waals surface area contributed by atoms with E-state index in [1.807, 2.05) is 49.4 Å². The number of nitrogens with zero attached hydrogens (tertiary/aromatic N) is 2. The number of aromatic nitrogens is 1. The molecule has 1 aromatic carbocycles. The maximum atomic E-state index is 12.2. The van der Waals surface area contributed by atoms with Crippen molar-refractivity contribution in [1.29, 1.82) is 0 Å². The van der Waals surface area contributed by atoms with Gasteiger partial charge in [0.15, 0.2) is 0 Å². The molecule has 1 N–H and O–H groups in total. The number of carbonyl (C=O) groups excluding carboxylic acids is 1. The zero-order chi connectivity index (χ0) is 17.5. The molecule has 5 heteroatoms. The first-order valence-corrected chi connectivity index (χ1v) is 8.82. The van der Waals surface area contributed by atoms with Crippen molar-refractivity contribution in [1.82, 2.24) is 9.88 Å². The largest absolute Gasteiger partial charge is 0.477 e. The van der Waals surface area contributed by atoms with E-state index in [1.54, 1.807) is 6.20 Å². The van der Waals surface area contributed by atoms with E-state index in [2.05, 4.69) is 15.2 Å². The van der Waals surface area contributed by atoms with Gasteiger partial charge in [-0.25, -0.2) is 4.98 Å². The van der Waals surface area contributed by atoms with Gasteiger partial charge < -0.3 is 10.1 Å². The van der Waals surface area contributed by atoms with Crippen LogP contribution in [0.25, 0.3) is 0 Å². The third-order valence-electron chi connectivity index (χ3n) is 4.51. The third-order valence-corrected chi connectivity index (χ3v) is 4.51. The highest BCUT2D eigenvalue weighted by molar-refractivity contribution is 5.92. The molecular formula is C20H25N3O2. The van der Waals surface area contributed by atoms with Gasteiger partial charge in [0.2, 0.25) is 11.8 Å². The number of hydrogen-bond donors (Lipinski definition) is 1. The van der Waals surface area contributed by atoms with Crippen LogP contribution in [0, 0.1) is 12.8 Å². The number of likely N-dealkylation sites (tertiary alicyclic amines) is 1. The van der Waals surface area contributed by atoms with Gasteiger partial charge in [-0.2, -0.15) is 0 Å². The van der Waals surface area contributed by atoms with Crippen LogP contribution >= 0.6 is 0 Å². The second-order valence-corrected chi connectivity index (χ2v) is 6.61. The first-order valence-electron chi connectivity index (χ1n) is 8.82. The van der Waals surface area contributed by atoms with Crippen LogP contribution in [-0.2, 0) is 4.79 Å². The smallest absolute Gasteiger partial charge is 0.238 e. The van der Waals surface area contributed by atoms with Gasteiger partial charge in [-0.05, 0) is 57.0 Å². The number of aryl methyl sites for hydroxylation is 1. The Morgan fingerprint density at radius 2 is 1.96 bits per heavy atom. The van der Waals surface area contributed by atoms with Crippen LogP contribution in [0.3, 0.4) is 0 Å². The molecule has 0 bridgehead atoms. The lowest BCUT2D eigenvalue weighted by molar-refractivity contribution is -0.117. The summed E-state index contributed by atoms with van der Waals surface area (Å²) in [6.07, 6.45) is 3.83. The Hall–Kier alpha value is -2.40. The van der Waals surface area contributed by atoms with Gasteiger partial charge in [-0.1, -0.05) is 23.8 Å². The Morgan fingerprint density at radius 1 is 1.20 bits per heavy atom. The number of amides is 1. The molecule has 1 aliphatic heterocycles. The summed E-state index contributed by atoms with van der Waals surface area (Å²) in [6, 6.07) is 13.6. The number of carbonyl (C=O) groups is 1. The summed E-state index contributed by atoms with van der Waals surface area (Å²) >= 11 is 0. The lowest BCUT2D eigenvalue weighted by Crippen LogP contribution is -2.40. The molecule has 2 aromatic rings. The van der Waals surface area contributed by atoms with Gasteiger partial charge in [0.25, 0.3) is 0 Å². The summed E-state index contributed by atoms with van der Waals surface area (Å²) in [5.74, 6) is 1.26. The Labute approximate surface area is 149 Å². The van der Waals surface area contributed by atoms with Crippen molar-refractivity contribution >= 4 is 11.6 Å². The minimum atomic E-state index is 0.0482. The summed E-state index contributed by atoms with van der Waals surface area (Å²) < 4.78 is 5.74. The van der Waals surface area contributed by atoms with Crippen LogP contribution in [0.4, 0.5) is 5.69 Å². The van der Waals surface area contributed by atoms with E-state index in [0.29, 0.717) is 24.9 Å². The molecule has 3 rings (SSSR count). The molecule has 0 radical (unpaired) electrons. The standard InChI is InChI=1S/C20H25N3O2/c1-16-5-7-18(8-6-16)22-19(24)14-23-12-9-17(10-13-23)15-25-20-4-2-3-11-21-20/h2-8,11,17H,9-10,12-15H2,1H3,(H,22,24). The van der Waals surface area contributed by atoms with Crippen LogP contribution < -0.4 is 10.1 Å². The van der Waals surface area contributed by atoms with Crippen molar-refractivity contribution in [2.75, 3.05) is 31.6 Å². The summed E-state index contributed by atoms with van der Waals surface area (Å²) in [4.78, 5) is 18.6.